The van der Waals surface area contributed by atoms with Crippen molar-refractivity contribution < 1.29 is 4.79 Å². The number of hydrogen-bond acceptors (Lipinski definition) is 3. The average Bonchev–Trinajstić information content (AvgIpc) is 2.72. The zero-order chi connectivity index (χ0) is 13.7. The molecule has 2 atom stereocenters. The van der Waals surface area contributed by atoms with Crippen LogP contribution >= 0.6 is 22.9 Å². The number of rotatable bonds is 6. The fraction of sp³-hybridized carbons (Fsp3) is 0.615. The summed E-state index contributed by atoms with van der Waals surface area (Å²) >= 11 is 7.44. The molecular weight excluding hydrogens is 268 g/mol. The predicted octanol–water partition coefficient (Wildman–Crippen LogP) is 3.21. The van der Waals surface area contributed by atoms with Crippen LogP contribution in [0.3, 0.4) is 0 Å². The summed E-state index contributed by atoms with van der Waals surface area (Å²) in [4.78, 5) is 13.0. The molecule has 1 rings (SSSR count). The van der Waals surface area contributed by atoms with Gasteiger partial charge in [0.15, 0.2) is 0 Å². The highest BCUT2D eigenvalue weighted by molar-refractivity contribution is 7.16. The molecule has 0 aliphatic rings. The largest absolute Gasteiger partial charge is 0.354 e. The van der Waals surface area contributed by atoms with Gasteiger partial charge in [0.05, 0.1) is 10.4 Å². The molecule has 0 fully saturated rings. The molecule has 0 aliphatic carbocycles. The van der Waals surface area contributed by atoms with Crippen LogP contribution in [0.2, 0.25) is 4.34 Å². The third-order valence-corrected chi connectivity index (χ3v) is 4.01. The standard InChI is InChI=1S/C13H21ClN2OS/c1-8(2)7-15-13(17)10(4)16-9(3)11-5-6-12(14)18-11/h5-6,8-10,16H,7H2,1-4H3,(H,15,17). The van der Waals surface area contributed by atoms with Gasteiger partial charge in [-0.1, -0.05) is 25.4 Å². The number of thiophene rings is 1. The number of carbonyl (C=O) groups is 1. The number of amides is 1. The van der Waals surface area contributed by atoms with Gasteiger partial charge in [0.2, 0.25) is 5.91 Å². The molecule has 18 heavy (non-hydrogen) atoms. The maximum absolute atomic E-state index is 11.8. The number of hydrogen-bond donors (Lipinski definition) is 2. The molecule has 1 aromatic heterocycles. The van der Waals surface area contributed by atoms with Crippen LogP contribution < -0.4 is 10.6 Å². The molecule has 0 aromatic carbocycles. The second-order valence-corrected chi connectivity index (χ2v) is 6.64. The van der Waals surface area contributed by atoms with E-state index in [4.69, 9.17) is 11.6 Å². The lowest BCUT2D eigenvalue weighted by molar-refractivity contribution is -0.123. The summed E-state index contributed by atoms with van der Waals surface area (Å²) < 4.78 is 0.774. The van der Waals surface area contributed by atoms with Crippen molar-refractivity contribution in [3.05, 3.63) is 21.3 Å². The average molecular weight is 289 g/mol. The zero-order valence-electron chi connectivity index (χ0n) is 11.3. The molecule has 0 radical (unpaired) electrons. The molecule has 0 saturated carbocycles. The lowest BCUT2D eigenvalue weighted by Crippen LogP contribution is -2.44. The molecule has 0 saturated heterocycles. The van der Waals surface area contributed by atoms with Crippen molar-refractivity contribution in [3.8, 4) is 0 Å². The van der Waals surface area contributed by atoms with Crippen LogP contribution in [0, 0.1) is 5.92 Å². The zero-order valence-corrected chi connectivity index (χ0v) is 12.9. The van der Waals surface area contributed by atoms with Gasteiger partial charge in [0.1, 0.15) is 0 Å². The van der Waals surface area contributed by atoms with Crippen LogP contribution in [0.4, 0.5) is 0 Å². The number of halogens is 1. The highest BCUT2D eigenvalue weighted by atomic mass is 35.5. The van der Waals surface area contributed by atoms with Gasteiger partial charge in [-0.05, 0) is 31.9 Å². The van der Waals surface area contributed by atoms with Gasteiger partial charge in [0.25, 0.3) is 0 Å². The predicted molar refractivity (Wildman–Crippen MR) is 78.2 cm³/mol. The van der Waals surface area contributed by atoms with Crippen molar-refractivity contribution in [2.75, 3.05) is 6.54 Å². The number of nitrogens with one attached hydrogen (secondary N) is 2. The summed E-state index contributed by atoms with van der Waals surface area (Å²) in [6.45, 7) is 8.78. The lowest BCUT2D eigenvalue weighted by atomic mass is 10.2. The van der Waals surface area contributed by atoms with Gasteiger partial charge in [-0.25, -0.2) is 0 Å². The third kappa shape index (κ3) is 4.96. The Hall–Kier alpha value is -0.580. The topological polar surface area (TPSA) is 41.1 Å². The number of carbonyl (C=O) groups excluding carboxylic acids is 1. The third-order valence-electron chi connectivity index (χ3n) is 2.60. The Morgan fingerprint density at radius 3 is 2.50 bits per heavy atom. The fourth-order valence-corrected chi connectivity index (χ4v) is 2.62. The summed E-state index contributed by atoms with van der Waals surface area (Å²) in [6, 6.07) is 3.79. The van der Waals surface area contributed by atoms with Gasteiger partial charge >= 0.3 is 0 Å². The highest BCUT2D eigenvalue weighted by Crippen LogP contribution is 2.26. The van der Waals surface area contributed by atoms with E-state index in [-0.39, 0.29) is 18.0 Å². The SMILES string of the molecule is CC(C)CNC(=O)C(C)NC(C)c1ccc(Cl)s1. The van der Waals surface area contributed by atoms with Crippen molar-refractivity contribution in [2.24, 2.45) is 5.92 Å². The van der Waals surface area contributed by atoms with Gasteiger partial charge in [-0.2, -0.15) is 0 Å². The van der Waals surface area contributed by atoms with Crippen LogP contribution in [0.15, 0.2) is 12.1 Å². The summed E-state index contributed by atoms with van der Waals surface area (Å²) in [5.41, 5.74) is 0. The summed E-state index contributed by atoms with van der Waals surface area (Å²) in [6.07, 6.45) is 0. The molecule has 5 heteroatoms. The van der Waals surface area contributed by atoms with E-state index in [1.54, 1.807) is 0 Å². The van der Waals surface area contributed by atoms with Gasteiger partial charge in [0, 0.05) is 17.5 Å². The van der Waals surface area contributed by atoms with Crippen molar-refractivity contribution in [2.45, 2.75) is 39.8 Å². The van der Waals surface area contributed by atoms with Crippen molar-refractivity contribution >= 4 is 28.8 Å². The van der Waals surface area contributed by atoms with E-state index in [2.05, 4.69) is 24.5 Å². The molecule has 102 valence electrons. The second-order valence-electron chi connectivity index (χ2n) is 4.89. The van der Waals surface area contributed by atoms with E-state index < -0.39 is 0 Å². The fourth-order valence-electron chi connectivity index (χ4n) is 1.55. The molecular formula is C13H21ClN2OS. The maximum atomic E-state index is 11.8. The Kier molecular flexibility index (Phi) is 6.12. The van der Waals surface area contributed by atoms with E-state index in [0.717, 1.165) is 9.21 Å². The Morgan fingerprint density at radius 1 is 1.33 bits per heavy atom. The van der Waals surface area contributed by atoms with Crippen molar-refractivity contribution in [1.29, 1.82) is 0 Å². The van der Waals surface area contributed by atoms with Crippen molar-refractivity contribution in [1.82, 2.24) is 10.6 Å². The van der Waals surface area contributed by atoms with E-state index in [1.165, 1.54) is 11.3 Å². The van der Waals surface area contributed by atoms with Gasteiger partial charge < -0.3 is 5.32 Å². The molecule has 0 bridgehead atoms. The normalized spacial score (nSPS) is 14.6. The lowest BCUT2D eigenvalue weighted by Gasteiger charge is -2.19. The molecule has 3 nitrogen and oxygen atoms in total. The van der Waals surface area contributed by atoms with Gasteiger partial charge in [-0.3, -0.25) is 10.1 Å². The van der Waals surface area contributed by atoms with E-state index in [0.29, 0.717) is 12.5 Å². The first-order chi connectivity index (χ1) is 8.40. The molecule has 1 aromatic rings. The van der Waals surface area contributed by atoms with Crippen LogP contribution in [-0.4, -0.2) is 18.5 Å². The summed E-state index contributed by atoms with van der Waals surface area (Å²) in [7, 11) is 0. The summed E-state index contributed by atoms with van der Waals surface area (Å²) in [5.74, 6) is 0.507. The first-order valence-corrected chi connectivity index (χ1v) is 7.38. The molecule has 2 N–H and O–H groups in total. The van der Waals surface area contributed by atoms with Crippen LogP contribution in [0.25, 0.3) is 0 Å². The molecule has 2 unspecified atom stereocenters. The molecule has 0 aliphatic heterocycles. The maximum Gasteiger partial charge on any atom is 0.236 e. The second kappa shape index (κ2) is 7.12. The van der Waals surface area contributed by atoms with Crippen LogP contribution in [0.1, 0.15) is 38.6 Å². The molecule has 0 spiro atoms. The van der Waals surface area contributed by atoms with Crippen molar-refractivity contribution in [3.63, 3.8) is 0 Å². The molecule has 1 heterocycles. The first kappa shape index (κ1) is 15.5. The Bertz CT molecular complexity index is 392. The monoisotopic (exact) mass is 288 g/mol. The minimum absolute atomic E-state index is 0.0400. The Balaban J connectivity index is 2.43. The smallest absolute Gasteiger partial charge is 0.236 e. The minimum Gasteiger partial charge on any atom is -0.354 e. The Labute approximate surface area is 118 Å². The highest BCUT2D eigenvalue weighted by Gasteiger charge is 2.17. The van der Waals surface area contributed by atoms with E-state index >= 15 is 0 Å². The summed E-state index contributed by atoms with van der Waals surface area (Å²) in [5, 5.41) is 6.19. The quantitative estimate of drug-likeness (QED) is 0.844. The van der Waals surface area contributed by atoms with E-state index in [9.17, 15) is 4.79 Å². The van der Waals surface area contributed by atoms with Crippen LogP contribution in [0.5, 0.6) is 0 Å². The first-order valence-electron chi connectivity index (χ1n) is 6.19. The van der Waals surface area contributed by atoms with Crippen LogP contribution in [-0.2, 0) is 4.79 Å². The van der Waals surface area contributed by atoms with E-state index in [1.807, 2.05) is 26.0 Å². The Morgan fingerprint density at radius 2 is 2.00 bits per heavy atom. The molecule has 1 amide bonds. The van der Waals surface area contributed by atoms with Gasteiger partial charge in [-0.15, -0.1) is 11.3 Å². The minimum atomic E-state index is -0.209.